The summed E-state index contributed by atoms with van der Waals surface area (Å²) in [6.45, 7) is 3.93. The molecule has 0 heterocycles. The van der Waals surface area contributed by atoms with Crippen LogP contribution in [0, 0.1) is 0 Å². The number of rotatable bonds is 8. The van der Waals surface area contributed by atoms with E-state index in [1.54, 1.807) is 62.6 Å². The molecule has 0 radical (unpaired) electrons. The van der Waals surface area contributed by atoms with E-state index in [0.29, 0.717) is 29.4 Å². The van der Waals surface area contributed by atoms with E-state index in [4.69, 9.17) is 14.2 Å². The fourth-order valence-electron chi connectivity index (χ4n) is 2.18. The Kier molecular flexibility index (Phi) is 7.02. The molecule has 0 aliphatic heterocycles. The Balaban J connectivity index is 1.98. The first kappa shape index (κ1) is 19.3. The highest BCUT2D eigenvalue weighted by molar-refractivity contribution is 5.96. The highest BCUT2D eigenvalue weighted by atomic mass is 16.5. The second-order valence-electron chi connectivity index (χ2n) is 5.65. The number of nitrogens with one attached hydrogen (secondary N) is 1. The Hall–Kier alpha value is -3.02. The number of ether oxygens (including phenoxy) is 3. The van der Waals surface area contributed by atoms with E-state index in [0.717, 1.165) is 6.42 Å². The molecule has 1 unspecified atom stereocenters. The summed E-state index contributed by atoms with van der Waals surface area (Å²) in [4.78, 5) is 24.2. The lowest BCUT2D eigenvalue weighted by Crippen LogP contribution is -2.30. The minimum absolute atomic E-state index is 0.327. The minimum Gasteiger partial charge on any atom is -0.497 e. The summed E-state index contributed by atoms with van der Waals surface area (Å²) < 4.78 is 15.9. The molecule has 0 saturated heterocycles. The molecule has 1 atom stereocenters. The van der Waals surface area contributed by atoms with Gasteiger partial charge in [-0.25, -0.2) is 4.79 Å². The van der Waals surface area contributed by atoms with Crippen LogP contribution in [0.25, 0.3) is 0 Å². The number of benzene rings is 2. The van der Waals surface area contributed by atoms with Gasteiger partial charge in [0.05, 0.1) is 19.3 Å². The third-order valence-corrected chi connectivity index (χ3v) is 3.53. The van der Waals surface area contributed by atoms with Crippen LogP contribution in [0.15, 0.2) is 48.5 Å². The molecule has 0 saturated carbocycles. The maximum Gasteiger partial charge on any atom is 0.338 e. The average molecular weight is 357 g/mol. The quantitative estimate of drug-likeness (QED) is 0.730. The third kappa shape index (κ3) is 5.51. The molecule has 0 aliphatic rings. The summed E-state index contributed by atoms with van der Waals surface area (Å²) in [7, 11) is 1.56. The van der Waals surface area contributed by atoms with Crippen molar-refractivity contribution >= 4 is 17.6 Å². The maximum absolute atomic E-state index is 12.3. The summed E-state index contributed by atoms with van der Waals surface area (Å²) >= 11 is 0. The topological polar surface area (TPSA) is 73.9 Å². The van der Waals surface area contributed by atoms with Crippen LogP contribution in [0.4, 0.5) is 5.69 Å². The molecule has 1 N–H and O–H groups in total. The van der Waals surface area contributed by atoms with Gasteiger partial charge in [0.2, 0.25) is 0 Å². The van der Waals surface area contributed by atoms with Gasteiger partial charge in [-0.2, -0.15) is 0 Å². The standard InChI is InChI=1S/C20H23NO5/c1-4-11-25-20(23)15-7-5-8-16(12-15)21-19(22)14(2)26-18-10-6-9-17(13-18)24-3/h5-10,12-14H,4,11H2,1-3H3,(H,21,22). The summed E-state index contributed by atoms with van der Waals surface area (Å²) in [6, 6.07) is 13.6. The lowest BCUT2D eigenvalue weighted by atomic mass is 10.2. The van der Waals surface area contributed by atoms with Gasteiger partial charge in [0.25, 0.3) is 5.91 Å². The number of anilines is 1. The van der Waals surface area contributed by atoms with E-state index in [1.807, 2.05) is 6.92 Å². The van der Waals surface area contributed by atoms with E-state index in [9.17, 15) is 9.59 Å². The van der Waals surface area contributed by atoms with Crippen LogP contribution in [0.2, 0.25) is 0 Å². The molecule has 0 aromatic heterocycles. The Morgan fingerprint density at radius 1 is 1.08 bits per heavy atom. The van der Waals surface area contributed by atoms with Crippen molar-refractivity contribution in [3.63, 3.8) is 0 Å². The van der Waals surface area contributed by atoms with Crippen molar-refractivity contribution < 1.29 is 23.8 Å². The van der Waals surface area contributed by atoms with Gasteiger partial charge in [-0.1, -0.05) is 19.1 Å². The molecule has 2 aromatic rings. The molecule has 2 rings (SSSR count). The summed E-state index contributed by atoms with van der Waals surface area (Å²) in [5, 5.41) is 2.74. The first-order valence-corrected chi connectivity index (χ1v) is 8.42. The molecule has 26 heavy (non-hydrogen) atoms. The Labute approximate surface area is 153 Å². The first-order chi connectivity index (χ1) is 12.5. The monoisotopic (exact) mass is 357 g/mol. The van der Waals surface area contributed by atoms with Gasteiger partial charge in [-0.05, 0) is 43.7 Å². The highest BCUT2D eigenvalue weighted by Crippen LogP contribution is 2.20. The van der Waals surface area contributed by atoms with Crippen molar-refractivity contribution in [3.8, 4) is 11.5 Å². The molecule has 2 aromatic carbocycles. The lowest BCUT2D eigenvalue weighted by Gasteiger charge is -2.15. The Bertz CT molecular complexity index is 759. The fourth-order valence-corrected chi connectivity index (χ4v) is 2.18. The molecular formula is C20H23NO5. The number of methoxy groups -OCH3 is 1. The van der Waals surface area contributed by atoms with Crippen molar-refractivity contribution in [2.45, 2.75) is 26.4 Å². The summed E-state index contributed by atoms with van der Waals surface area (Å²) in [5.74, 6) is 0.438. The van der Waals surface area contributed by atoms with Crippen LogP contribution >= 0.6 is 0 Å². The zero-order valence-corrected chi connectivity index (χ0v) is 15.2. The van der Waals surface area contributed by atoms with Crippen molar-refractivity contribution in [2.24, 2.45) is 0 Å². The predicted octanol–water partition coefficient (Wildman–Crippen LogP) is 3.67. The second-order valence-corrected chi connectivity index (χ2v) is 5.65. The predicted molar refractivity (Wildman–Crippen MR) is 98.7 cm³/mol. The average Bonchev–Trinajstić information content (AvgIpc) is 2.66. The molecule has 6 heteroatoms. The molecule has 0 aliphatic carbocycles. The molecule has 0 spiro atoms. The number of hydrogen-bond acceptors (Lipinski definition) is 5. The number of hydrogen-bond donors (Lipinski definition) is 1. The van der Waals surface area contributed by atoms with Crippen LogP contribution in [0.1, 0.15) is 30.6 Å². The zero-order chi connectivity index (χ0) is 18.9. The van der Waals surface area contributed by atoms with E-state index >= 15 is 0 Å². The van der Waals surface area contributed by atoms with Crippen LogP contribution in [0.3, 0.4) is 0 Å². The molecule has 1 amide bonds. The smallest absolute Gasteiger partial charge is 0.338 e. The van der Waals surface area contributed by atoms with Crippen molar-refractivity contribution in [1.29, 1.82) is 0 Å². The third-order valence-electron chi connectivity index (χ3n) is 3.53. The van der Waals surface area contributed by atoms with Gasteiger partial charge in [0, 0.05) is 11.8 Å². The van der Waals surface area contributed by atoms with Crippen LogP contribution in [-0.2, 0) is 9.53 Å². The fraction of sp³-hybridized carbons (Fsp3) is 0.300. The second kappa shape index (κ2) is 9.46. The van der Waals surface area contributed by atoms with Gasteiger partial charge < -0.3 is 19.5 Å². The van der Waals surface area contributed by atoms with Crippen molar-refractivity contribution in [3.05, 3.63) is 54.1 Å². The molecule has 0 fully saturated rings. The van der Waals surface area contributed by atoms with Gasteiger partial charge in [0.1, 0.15) is 11.5 Å². The molecule has 0 bridgehead atoms. The number of carbonyl (C=O) groups is 2. The van der Waals surface area contributed by atoms with Crippen molar-refractivity contribution in [1.82, 2.24) is 0 Å². The first-order valence-electron chi connectivity index (χ1n) is 8.42. The number of amides is 1. The SMILES string of the molecule is CCCOC(=O)c1cccc(NC(=O)C(C)Oc2cccc(OC)c2)c1. The molecule has 6 nitrogen and oxygen atoms in total. The van der Waals surface area contributed by atoms with Gasteiger partial charge in [-0.3, -0.25) is 4.79 Å². The van der Waals surface area contributed by atoms with Crippen LogP contribution in [0.5, 0.6) is 11.5 Å². The number of carbonyl (C=O) groups excluding carboxylic acids is 2. The maximum atomic E-state index is 12.3. The number of esters is 1. The normalized spacial score (nSPS) is 11.3. The van der Waals surface area contributed by atoms with Gasteiger partial charge >= 0.3 is 5.97 Å². The Morgan fingerprint density at radius 3 is 2.54 bits per heavy atom. The summed E-state index contributed by atoms with van der Waals surface area (Å²) in [6.07, 6.45) is 0.0270. The van der Waals surface area contributed by atoms with E-state index in [2.05, 4.69) is 5.32 Å². The lowest BCUT2D eigenvalue weighted by molar-refractivity contribution is -0.122. The van der Waals surface area contributed by atoms with Crippen LogP contribution in [-0.4, -0.2) is 31.7 Å². The van der Waals surface area contributed by atoms with Gasteiger partial charge in [0.15, 0.2) is 6.10 Å². The summed E-state index contributed by atoms with van der Waals surface area (Å²) in [5.41, 5.74) is 0.889. The van der Waals surface area contributed by atoms with E-state index in [1.165, 1.54) is 0 Å². The van der Waals surface area contributed by atoms with Crippen LogP contribution < -0.4 is 14.8 Å². The largest absolute Gasteiger partial charge is 0.497 e. The Morgan fingerprint density at radius 2 is 1.81 bits per heavy atom. The molecular weight excluding hydrogens is 334 g/mol. The zero-order valence-electron chi connectivity index (χ0n) is 15.2. The van der Waals surface area contributed by atoms with E-state index < -0.39 is 12.1 Å². The van der Waals surface area contributed by atoms with Crippen molar-refractivity contribution in [2.75, 3.05) is 19.0 Å². The minimum atomic E-state index is -0.724. The molecule has 138 valence electrons. The highest BCUT2D eigenvalue weighted by Gasteiger charge is 2.16. The van der Waals surface area contributed by atoms with E-state index in [-0.39, 0.29) is 5.91 Å². The van der Waals surface area contributed by atoms with Gasteiger partial charge in [-0.15, -0.1) is 0 Å².